The van der Waals surface area contributed by atoms with Crippen LogP contribution >= 0.6 is 11.6 Å². The van der Waals surface area contributed by atoms with E-state index in [1.165, 1.54) is 0 Å². The third kappa shape index (κ3) is 4.03. The molecule has 2 aromatic carbocycles. The van der Waals surface area contributed by atoms with Gasteiger partial charge in [0.1, 0.15) is 5.75 Å². The summed E-state index contributed by atoms with van der Waals surface area (Å²) in [6.07, 6.45) is 5.10. The normalized spacial score (nSPS) is 11.0. The van der Waals surface area contributed by atoms with Gasteiger partial charge < -0.3 is 9.64 Å². The number of carbonyl (C=O) groups excluding carboxylic acids is 1. The smallest absolute Gasteiger partial charge is 0.246 e. The maximum Gasteiger partial charge on any atom is 0.246 e. The van der Waals surface area contributed by atoms with Crippen LogP contribution in [0.4, 0.5) is 0 Å². The number of halogens is 1. The number of para-hydroxylation sites is 1. The quantitative estimate of drug-likeness (QED) is 0.621. The summed E-state index contributed by atoms with van der Waals surface area (Å²) in [5, 5.41) is 1.65. The highest BCUT2D eigenvalue weighted by atomic mass is 35.5. The highest BCUT2D eigenvalue weighted by molar-refractivity contribution is 6.30. The second-order valence-corrected chi connectivity index (χ2v) is 6.34. The topological polar surface area (TPSA) is 42.4 Å². The Labute approximate surface area is 157 Å². The molecule has 0 aliphatic heterocycles. The fourth-order valence-electron chi connectivity index (χ4n) is 2.75. The number of ether oxygens (including phenoxy) is 1. The summed E-state index contributed by atoms with van der Waals surface area (Å²) in [5.74, 6) is 0.594. The number of nitrogens with zero attached hydrogens (tertiary/aromatic N) is 2. The van der Waals surface area contributed by atoms with Crippen LogP contribution in [0, 0.1) is 0 Å². The molecule has 3 rings (SSSR count). The van der Waals surface area contributed by atoms with Gasteiger partial charge in [0.15, 0.2) is 0 Å². The molecule has 3 aromatic rings. The zero-order valence-corrected chi connectivity index (χ0v) is 15.4. The number of benzene rings is 2. The number of pyridine rings is 1. The van der Waals surface area contributed by atoms with Crippen LogP contribution in [0.25, 0.3) is 17.0 Å². The van der Waals surface area contributed by atoms with E-state index >= 15 is 0 Å². The molecule has 26 heavy (non-hydrogen) atoms. The number of aromatic nitrogens is 1. The standard InChI is InChI=1S/C21H19ClN2O2/c1-24(14-17-13-18(22)9-10-19(17)26-2)20(25)11-8-16-6-3-5-15-7-4-12-23-21(15)16/h3-13H,14H2,1-2H3/b11-8+. The van der Waals surface area contributed by atoms with E-state index in [2.05, 4.69) is 4.98 Å². The van der Waals surface area contributed by atoms with Gasteiger partial charge in [-0.25, -0.2) is 0 Å². The van der Waals surface area contributed by atoms with E-state index in [1.807, 2.05) is 36.4 Å². The lowest BCUT2D eigenvalue weighted by atomic mass is 10.1. The molecule has 0 bridgehead atoms. The molecule has 0 spiro atoms. The first-order chi connectivity index (χ1) is 12.6. The average molecular weight is 367 g/mol. The van der Waals surface area contributed by atoms with Crippen LogP contribution in [0.5, 0.6) is 5.75 Å². The molecule has 0 aliphatic rings. The van der Waals surface area contributed by atoms with E-state index in [1.54, 1.807) is 49.5 Å². The summed E-state index contributed by atoms with van der Waals surface area (Å²) in [6, 6.07) is 15.2. The zero-order valence-electron chi connectivity index (χ0n) is 14.6. The van der Waals surface area contributed by atoms with Gasteiger partial charge in [-0.2, -0.15) is 0 Å². The van der Waals surface area contributed by atoms with E-state index in [0.29, 0.717) is 17.3 Å². The van der Waals surface area contributed by atoms with Crippen LogP contribution in [0.2, 0.25) is 5.02 Å². The van der Waals surface area contributed by atoms with Crippen molar-refractivity contribution in [1.29, 1.82) is 0 Å². The number of rotatable bonds is 5. The highest BCUT2D eigenvalue weighted by Gasteiger charge is 2.11. The van der Waals surface area contributed by atoms with Crippen molar-refractivity contribution in [3.05, 3.63) is 77.0 Å². The van der Waals surface area contributed by atoms with Crippen molar-refractivity contribution < 1.29 is 9.53 Å². The fourth-order valence-corrected chi connectivity index (χ4v) is 2.95. The summed E-state index contributed by atoms with van der Waals surface area (Å²) in [7, 11) is 3.34. The van der Waals surface area contributed by atoms with Crippen LogP contribution in [0.3, 0.4) is 0 Å². The number of carbonyl (C=O) groups is 1. The monoisotopic (exact) mass is 366 g/mol. The molecule has 0 saturated carbocycles. The van der Waals surface area contributed by atoms with Crippen LogP contribution < -0.4 is 4.74 Å². The summed E-state index contributed by atoms with van der Waals surface area (Å²) < 4.78 is 5.34. The molecule has 0 atom stereocenters. The van der Waals surface area contributed by atoms with Crippen molar-refractivity contribution in [2.75, 3.05) is 14.2 Å². The fraction of sp³-hybridized carbons (Fsp3) is 0.143. The van der Waals surface area contributed by atoms with E-state index < -0.39 is 0 Å². The Bertz CT molecular complexity index is 964. The third-order valence-electron chi connectivity index (χ3n) is 4.10. The zero-order chi connectivity index (χ0) is 18.5. The number of hydrogen-bond acceptors (Lipinski definition) is 3. The van der Waals surface area contributed by atoms with Gasteiger partial charge in [0.2, 0.25) is 5.91 Å². The van der Waals surface area contributed by atoms with Crippen molar-refractivity contribution >= 4 is 34.5 Å². The molecule has 0 unspecified atom stereocenters. The summed E-state index contributed by atoms with van der Waals surface area (Å²) in [6.45, 7) is 0.403. The number of likely N-dealkylation sites (N-methyl/N-ethyl adjacent to an activating group) is 1. The lowest BCUT2D eigenvalue weighted by Gasteiger charge is -2.17. The Morgan fingerprint density at radius 3 is 2.85 bits per heavy atom. The molecule has 0 aliphatic carbocycles. The Balaban J connectivity index is 1.77. The van der Waals surface area contributed by atoms with Gasteiger partial charge in [-0.1, -0.05) is 35.9 Å². The Hall–Kier alpha value is -2.85. The minimum atomic E-state index is -0.111. The van der Waals surface area contributed by atoms with Gasteiger partial charge in [-0.15, -0.1) is 0 Å². The third-order valence-corrected chi connectivity index (χ3v) is 4.33. The molecule has 1 aromatic heterocycles. The molecular weight excluding hydrogens is 348 g/mol. The van der Waals surface area contributed by atoms with Crippen molar-refractivity contribution in [1.82, 2.24) is 9.88 Å². The first-order valence-corrected chi connectivity index (χ1v) is 8.55. The van der Waals surface area contributed by atoms with Gasteiger partial charge in [-0.3, -0.25) is 9.78 Å². The predicted octanol–water partition coefficient (Wildman–Crippen LogP) is 4.57. The molecule has 1 heterocycles. The highest BCUT2D eigenvalue weighted by Crippen LogP contribution is 2.24. The van der Waals surface area contributed by atoms with Crippen molar-refractivity contribution in [3.8, 4) is 5.75 Å². The predicted molar refractivity (Wildman–Crippen MR) is 105 cm³/mol. The Morgan fingerprint density at radius 1 is 1.23 bits per heavy atom. The van der Waals surface area contributed by atoms with Gasteiger partial charge in [0.05, 0.1) is 12.6 Å². The van der Waals surface area contributed by atoms with Crippen molar-refractivity contribution in [3.63, 3.8) is 0 Å². The Kier molecular flexibility index (Phi) is 5.54. The van der Waals surface area contributed by atoms with Crippen LogP contribution in [0.15, 0.2) is 60.8 Å². The minimum Gasteiger partial charge on any atom is -0.496 e. The molecule has 0 fully saturated rings. The van der Waals surface area contributed by atoms with Gasteiger partial charge >= 0.3 is 0 Å². The second kappa shape index (κ2) is 8.02. The molecule has 0 saturated heterocycles. The van der Waals surface area contributed by atoms with Crippen LogP contribution in [-0.2, 0) is 11.3 Å². The van der Waals surface area contributed by atoms with Crippen LogP contribution in [0.1, 0.15) is 11.1 Å². The first kappa shape index (κ1) is 18.0. The average Bonchev–Trinajstić information content (AvgIpc) is 2.66. The number of hydrogen-bond donors (Lipinski definition) is 0. The number of methoxy groups -OCH3 is 1. The lowest BCUT2D eigenvalue weighted by molar-refractivity contribution is -0.125. The maximum absolute atomic E-state index is 12.5. The van der Waals surface area contributed by atoms with Gasteiger partial charge in [-0.05, 0) is 30.3 Å². The van der Waals surface area contributed by atoms with Crippen molar-refractivity contribution in [2.45, 2.75) is 6.54 Å². The molecule has 4 nitrogen and oxygen atoms in total. The molecular formula is C21H19ClN2O2. The van der Waals surface area contributed by atoms with Gasteiger partial charge in [0, 0.05) is 47.4 Å². The molecule has 132 valence electrons. The van der Waals surface area contributed by atoms with Gasteiger partial charge in [0.25, 0.3) is 0 Å². The Morgan fingerprint density at radius 2 is 2.04 bits per heavy atom. The van der Waals surface area contributed by atoms with E-state index in [0.717, 1.165) is 22.0 Å². The number of amides is 1. The van der Waals surface area contributed by atoms with E-state index in [9.17, 15) is 4.79 Å². The molecule has 1 amide bonds. The molecule has 5 heteroatoms. The lowest BCUT2D eigenvalue weighted by Crippen LogP contribution is -2.24. The minimum absolute atomic E-state index is 0.111. The maximum atomic E-state index is 12.5. The van der Waals surface area contributed by atoms with E-state index in [4.69, 9.17) is 16.3 Å². The molecule has 0 N–H and O–H groups in total. The first-order valence-electron chi connectivity index (χ1n) is 8.18. The van der Waals surface area contributed by atoms with Crippen LogP contribution in [-0.4, -0.2) is 29.9 Å². The summed E-state index contributed by atoms with van der Waals surface area (Å²) in [5.41, 5.74) is 2.64. The van der Waals surface area contributed by atoms with E-state index in [-0.39, 0.29) is 5.91 Å². The van der Waals surface area contributed by atoms with Crippen molar-refractivity contribution in [2.24, 2.45) is 0 Å². The summed E-state index contributed by atoms with van der Waals surface area (Å²) >= 11 is 6.05. The summed E-state index contributed by atoms with van der Waals surface area (Å²) in [4.78, 5) is 18.5. The second-order valence-electron chi connectivity index (χ2n) is 5.91. The largest absolute Gasteiger partial charge is 0.496 e. The SMILES string of the molecule is COc1ccc(Cl)cc1CN(C)C(=O)/C=C/c1cccc2cccnc12. The number of fused-ring (bicyclic) bond motifs is 1. The molecule has 0 radical (unpaired) electrons.